The van der Waals surface area contributed by atoms with Crippen LogP contribution in [0.3, 0.4) is 0 Å². The molecule has 5 unspecified atom stereocenters. The van der Waals surface area contributed by atoms with Crippen LogP contribution < -0.4 is 0 Å². The highest BCUT2D eigenvalue weighted by molar-refractivity contribution is 6.09. The van der Waals surface area contributed by atoms with Gasteiger partial charge in [-0.3, -0.25) is 34.1 Å². The maximum atomic E-state index is 10.2. The molecule has 0 bridgehead atoms. The first-order valence-electron chi connectivity index (χ1n) is 22.1. The molecule has 0 saturated carbocycles. The van der Waals surface area contributed by atoms with Crippen molar-refractivity contribution in [2.75, 3.05) is 68.0 Å². The molecule has 0 aliphatic carbocycles. The van der Waals surface area contributed by atoms with Crippen LogP contribution in [0.2, 0.25) is 0 Å². The number of hydrogen-bond donors (Lipinski definition) is 1. The summed E-state index contributed by atoms with van der Waals surface area (Å²) in [7, 11) is 16.9. The van der Waals surface area contributed by atoms with E-state index < -0.39 is 0 Å². The fourth-order valence-electron chi connectivity index (χ4n) is 8.88. The van der Waals surface area contributed by atoms with Crippen molar-refractivity contribution >= 4 is 18.9 Å². The standard InChI is InChI=1S/2C10H17N3.C9H15N3.C8H13N3.C6H11NO.C2H2O2/c2*1-8-7-11-10(13(8)3)9-5-4-6-12(9)2;1-11-6-3-4-8(11)9-10-5-7-12(9)2;1-11-6-2-3-7(11)8-9-4-5-10-8;1-7-4-2-3-6(7)5-8;3-1-2-4/h2*7,9H,4-6H2,1-3H3;5,7-8H,3-4,6H2,1-2H3;4-5,7H,2-3,6H2,1H3,(H,9,10);5-6H,2-4H2,1H3;1-2H. The van der Waals surface area contributed by atoms with Gasteiger partial charge in [-0.1, -0.05) is 0 Å². The Bertz CT molecular complexity index is 1800. The van der Waals surface area contributed by atoms with E-state index in [0.717, 1.165) is 25.1 Å². The zero-order valence-electron chi connectivity index (χ0n) is 38.8. The molecule has 338 valence electrons. The zero-order chi connectivity index (χ0) is 44.5. The highest BCUT2D eigenvalue weighted by Gasteiger charge is 2.28. The lowest BCUT2D eigenvalue weighted by atomic mass is 10.2. The minimum atomic E-state index is 0.194. The quantitative estimate of drug-likeness (QED) is 0.205. The highest BCUT2D eigenvalue weighted by atomic mass is 16.2. The molecular formula is C45H75N13O3. The Morgan fingerprint density at radius 3 is 1.23 bits per heavy atom. The summed E-state index contributed by atoms with van der Waals surface area (Å²) in [5.74, 6) is 4.76. The van der Waals surface area contributed by atoms with Crippen LogP contribution in [0.1, 0.15) is 123 Å². The second-order valence-electron chi connectivity index (χ2n) is 17.2. The van der Waals surface area contributed by atoms with Gasteiger partial charge in [0.2, 0.25) is 0 Å². The van der Waals surface area contributed by atoms with Gasteiger partial charge in [-0.15, -0.1) is 0 Å². The van der Waals surface area contributed by atoms with Crippen LogP contribution in [-0.4, -0.2) is 156 Å². The van der Waals surface area contributed by atoms with Gasteiger partial charge in [0.05, 0.1) is 30.2 Å². The van der Waals surface area contributed by atoms with Crippen molar-refractivity contribution in [1.29, 1.82) is 0 Å². The second-order valence-corrected chi connectivity index (χ2v) is 17.2. The Morgan fingerprint density at radius 1 is 0.525 bits per heavy atom. The normalized spacial score (nSPS) is 24.3. The van der Waals surface area contributed by atoms with Gasteiger partial charge in [0.25, 0.3) is 0 Å². The van der Waals surface area contributed by atoms with E-state index in [1.807, 2.05) is 44.2 Å². The number of aromatic nitrogens is 8. The number of carbonyl (C=O) groups excluding carboxylic acids is 3. The maximum Gasteiger partial charge on any atom is 0.182 e. The Hall–Kier alpha value is -4.35. The Labute approximate surface area is 364 Å². The monoisotopic (exact) mass is 846 g/mol. The number of hydrogen-bond acceptors (Lipinski definition) is 12. The van der Waals surface area contributed by atoms with Crippen LogP contribution in [0, 0.1) is 13.8 Å². The first kappa shape index (κ1) is 49.3. The van der Waals surface area contributed by atoms with Crippen LogP contribution in [0.25, 0.3) is 0 Å². The number of rotatable bonds is 6. The summed E-state index contributed by atoms with van der Waals surface area (Å²) in [6, 6.07) is 2.38. The molecule has 9 rings (SSSR count). The molecule has 16 heteroatoms. The van der Waals surface area contributed by atoms with Gasteiger partial charge in [0, 0.05) is 69.7 Å². The van der Waals surface area contributed by atoms with Crippen molar-refractivity contribution in [2.45, 2.75) is 108 Å². The van der Waals surface area contributed by atoms with Crippen molar-refractivity contribution in [3.63, 3.8) is 0 Å². The summed E-state index contributed by atoms with van der Waals surface area (Å²) in [4.78, 5) is 60.1. The van der Waals surface area contributed by atoms with E-state index in [0.29, 0.717) is 24.2 Å². The van der Waals surface area contributed by atoms with E-state index in [9.17, 15) is 4.79 Å². The molecule has 4 aromatic heterocycles. The summed E-state index contributed by atoms with van der Waals surface area (Å²) >= 11 is 0. The Balaban J connectivity index is 0.000000165. The number of carbonyl (C=O) groups is 3. The molecule has 4 aromatic rings. The van der Waals surface area contributed by atoms with Gasteiger partial charge in [0.1, 0.15) is 29.6 Å². The average Bonchev–Trinajstić information content (AvgIpc) is 4.10. The van der Waals surface area contributed by atoms with E-state index in [-0.39, 0.29) is 18.6 Å². The lowest BCUT2D eigenvalue weighted by Gasteiger charge is -2.18. The van der Waals surface area contributed by atoms with Gasteiger partial charge in [-0.2, -0.15) is 0 Å². The summed E-state index contributed by atoms with van der Waals surface area (Å²) in [6.45, 7) is 10.1. The number of aldehydes is 3. The third-order valence-electron chi connectivity index (χ3n) is 13.0. The summed E-state index contributed by atoms with van der Waals surface area (Å²) in [5, 5.41) is 0. The van der Waals surface area contributed by atoms with E-state index >= 15 is 0 Å². The molecule has 1 N–H and O–H groups in total. The van der Waals surface area contributed by atoms with Crippen LogP contribution in [-0.2, 0) is 35.5 Å². The van der Waals surface area contributed by atoms with Gasteiger partial charge < -0.3 is 23.5 Å². The second kappa shape index (κ2) is 24.9. The van der Waals surface area contributed by atoms with Crippen molar-refractivity contribution in [3.8, 4) is 0 Å². The van der Waals surface area contributed by atoms with Crippen LogP contribution in [0.4, 0.5) is 0 Å². The van der Waals surface area contributed by atoms with Crippen molar-refractivity contribution in [1.82, 2.24) is 63.1 Å². The van der Waals surface area contributed by atoms with Crippen molar-refractivity contribution in [2.24, 2.45) is 21.1 Å². The summed E-state index contributed by atoms with van der Waals surface area (Å²) < 4.78 is 6.52. The Morgan fingerprint density at radius 2 is 0.951 bits per heavy atom. The minimum Gasteiger partial charge on any atom is -0.347 e. The van der Waals surface area contributed by atoms with Crippen LogP contribution in [0.5, 0.6) is 0 Å². The molecule has 16 nitrogen and oxygen atoms in total. The zero-order valence-corrected chi connectivity index (χ0v) is 38.8. The van der Waals surface area contributed by atoms with Crippen LogP contribution >= 0.6 is 0 Å². The van der Waals surface area contributed by atoms with E-state index in [1.165, 1.54) is 113 Å². The number of imidazole rings is 4. The van der Waals surface area contributed by atoms with Crippen molar-refractivity contribution < 1.29 is 14.4 Å². The number of nitrogens with one attached hydrogen (secondary N) is 1. The molecule has 5 saturated heterocycles. The van der Waals surface area contributed by atoms with Crippen LogP contribution in [0.15, 0.2) is 37.2 Å². The smallest absolute Gasteiger partial charge is 0.182 e. The first-order chi connectivity index (χ1) is 29.3. The fourth-order valence-corrected chi connectivity index (χ4v) is 8.88. The SMILES string of the molecule is CN1CCCC1C=O.CN1CCCC1c1ncc[nH]1.CN1CCCC1c1nccn1C.Cc1cnc(C2CCCN2C)n1C.Cc1cnc(C2CCCN2C)n1C.O=CC=O. The van der Waals surface area contributed by atoms with E-state index in [2.05, 4.69) is 126 Å². The number of nitrogens with zero attached hydrogens (tertiary/aromatic N) is 12. The highest BCUT2D eigenvalue weighted by Crippen LogP contribution is 2.31. The lowest BCUT2D eigenvalue weighted by molar-refractivity contribution is -0.122. The van der Waals surface area contributed by atoms with Gasteiger partial charge in [0.15, 0.2) is 12.6 Å². The number of likely N-dealkylation sites (N-methyl/N-ethyl adjacent to an activating group) is 1. The molecule has 0 spiro atoms. The average molecular weight is 846 g/mol. The fraction of sp³-hybridized carbons (Fsp3) is 0.667. The van der Waals surface area contributed by atoms with Gasteiger partial charge in [-0.25, -0.2) is 19.9 Å². The largest absolute Gasteiger partial charge is 0.347 e. The number of aryl methyl sites for hydroxylation is 3. The molecule has 5 aliphatic heterocycles. The third-order valence-corrected chi connectivity index (χ3v) is 13.0. The molecular weight excluding hydrogens is 771 g/mol. The molecule has 61 heavy (non-hydrogen) atoms. The molecule has 0 amide bonds. The molecule has 0 aromatic carbocycles. The van der Waals surface area contributed by atoms with E-state index in [1.54, 1.807) is 0 Å². The molecule has 5 atom stereocenters. The maximum absolute atomic E-state index is 10.2. The molecule has 0 radical (unpaired) electrons. The Kier molecular flexibility index (Phi) is 20.2. The number of likely N-dealkylation sites (tertiary alicyclic amines) is 5. The minimum absolute atomic E-state index is 0.194. The summed E-state index contributed by atoms with van der Waals surface area (Å²) in [6.07, 6.45) is 25.4. The van der Waals surface area contributed by atoms with E-state index in [4.69, 9.17) is 9.59 Å². The first-order valence-corrected chi connectivity index (χ1v) is 22.1. The number of aromatic amines is 1. The predicted octanol–water partition coefficient (Wildman–Crippen LogP) is 5.02. The number of H-pyrrole nitrogens is 1. The molecule has 5 fully saturated rings. The third kappa shape index (κ3) is 13.8. The topological polar surface area (TPSA) is 150 Å². The van der Waals surface area contributed by atoms with Gasteiger partial charge in [-0.05, 0) is 146 Å². The molecule has 5 aliphatic rings. The summed E-state index contributed by atoms with van der Waals surface area (Å²) in [5.41, 5.74) is 2.49. The molecule has 9 heterocycles. The van der Waals surface area contributed by atoms with Gasteiger partial charge >= 0.3 is 0 Å². The predicted molar refractivity (Wildman–Crippen MR) is 240 cm³/mol. The van der Waals surface area contributed by atoms with Crippen molar-refractivity contribution in [3.05, 3.63) is 71.9 Å². The lowest BCUT2D eigenvalue weighted by Crippen LogP contribution is -2.25.